The van der Waals surface area contributed by atoms with E-state index in [4.69, 9.17) is 16.4 Å². The maximum absolute atomic E-state index is 13.9. The van der Waals surface area contributed by atoms with Crippen molar-refractivity contribution in [1.82, 2.24) is 9.80 Å². The van der Waals surface area contributed by atoms with Crippen LogP contribution >= 0.6 is 11.6 Å². The SMILES string of the molecule is CN1CCN(C(=O)[C@H]2CC(c3c(F)cccc3Cl)=NO2)CC1. The van der Waals surface area contributed by atoms with Crippen molar-refractivity contribution in [1.29, 1.82) is 0 Å². The number of hydrogen-bond donors (Lipinski definition) is 0. The minimum atomic E-state index is -0.686. The minimum absolute atomic E-state index is 0.0979. The lowest BCUT2D eigenvalue weighted by atomic mass is 10.0. The molecule has 3 rings (SSSR count). The lowest BCUT2D eigenvalue weighted by Crippen LogP contribution is -2.50. The molecule has 2 aliphatic rings. The summed E-state index contributed by atoms with van der Waals surface area (Å²) in [5.41, 5.74) is 0.605. The van der Waals surface area contributed by atoms with Crippen LogP contribution in [0.15, 0.2) is 23.4 Å². The molecule has 1 aromatic rings. The third kappa shape index (κ3) is 2.94. The number of likely N-dealkylation sites (N-methyl/N-ethyl adjacent to an activating group) is 1. The molecule has 0 bridgehead atoms. The fraction of sp³-hybridized carbons (Fsp3) is 0.467. The molecule has 0 aliphatic carbocycles. The van der Waals surface area contributed by atoms with Crippen molar-refractivity contribution in [2.24, 2.45) is 5.16 Å². The zero-order chi connectivity index (χ0) is 15.7. The number of hydrogen-bond acceptors (Lipinski definition) is 4. The monoisotopic (exact) mass is 325 g/mol. The van der Waals surface area contributed by atoms with Gasteiger partial charge in [-0.15, -0.1) is 0 Å². The summed E-state index contributed by atoms with van der Waals surface area (Å²) in [7, 11) is 2.02. The number of oxime groups is 1. The Balaban J connectivity index is 1.68. The Morgan fingerprint density at radius 2 is 2.09 bits per heavy atom. The summed E-state index contributed by atoms with van der Waals surface area (Å²) in [6.07, 6.45) is -0.444. The van der Waals surface area contributed by atoms with Gasteiger partial charge >= 0.3 is 0 Å². The Hall–Kier alpha value is -1.66. The van der Waals surface area contributed by atoms with Crippen molar-refractivity contribution < 1.29 is 14.0 Å². The highest BCUT2D eigenvalue weighted by atomic mass is 35.5. The quantitative estimate of drug-likeness (QED) is 0.832. The second-order valence-corrected chi connectivity index (χ2v) is 5.97. The topological polar surface area (TPSA) is 45.1 Å². The Labute approximate surface area is 133 Å². The highest BCUT2D eigenvalue weighted by molar-refractivity contribution is 6.34. The highest BCUT2D eigenvalue weighted by Crippen LogP contribution is 2.26. The van der Waals surface area contributed by atoms with E-state index < -0.39 is 11.9 Å². The van der Waals surface area contributed by atoms with Gasteiger partial charge in [0.1, 0.15) is 5.82 Å². The number of amides is 1. The molecule has 1 amide bonds. The Bertz CT molecular complexity index is 595. The number of piperazine rings is 1. The van der Waals surface area contributed by atoms with Gasteiger partial charge in [0.05, 0.1) is 16.3 Å². The van der Waals surface area contributed by atoms with Gasteiger partial charge in [0.15, 0.2) is 0 Å². The summed E-state index contributed by atoms with van der Waals surface area (Å²) >= 11 is 6.02. The van der Waals surface area contributed by atoms with E-state index in [9.17, 15) is 9.18 Å². The molecule has 118 valence electrons. The van der Waals surface area contributed by atoms with Crippen LogP contribution in [0.2, 0.25) is 5.02 Å². The second-order valence-electron chi connectivity index (χ2n) is 5.56. The van der Waals surface area contributed by atoms with Gasteiger partial charge in [0.2, 0.25) is 6.10 Å². The van der Waals surface area contributed by atoms with Crippen molar-refractivity contribution in [3.63, 3.8) is 0 Å². The maximum atomic E-state index is 13.9. The van der Waals surface area contributed by atoms with E-state index in [0.29, 0.717) is 18.8 Å². The maximum Gasteiger partial charge on any atom is 0.266 e. The van der Waals surface area contributed by atoms with Crippen LogP contribution in [-0.4, -0.2) is 60.7 Å². The number of rotatable bonds is 2. The average molecular weight is 326 g/mol. The van der Waals surface area contributed by atoms with Crippen LogP contribution < -0.4 is 0 Å². The molecule has 1 aromatic carbocycles. The molecule has 22 heavy (non-hydrogen) atoms. The molecule has 2 heterocycles. The van der Waals surface area contributed by atoms with E-state index in [1.807, 2.05) is 7.05 Å². The smallest absolute Gasteiger partial charge is 0.266 e. The van der Waals surface area contributed by atoms with Gasteiger partial charge in [-0.1, -0.05) is 22.8 Å². The van der Waals surface area contributed by atoms with E-state index in [-0.39, 0.29) is 22.9 Å². The third-order valence-electron chi connectivity index (χ3n) is 4.01. The van der Waals surface area contributed by atoms with Crippen molar-refractivity contribution in [2.75, 3.05) is 33.2 Å². The van der Waals surface area contributed by atoms with E-state index in [1.165, 1.54) is 12.1 Å². The average Bonchev–Trinajstić information content (AvgIpc) is 2.97. The lowest BCUT2D eigenvalue weighted by molar-refractivity contribution is -0.143. The molecule has 1 saturated heterocycles. The summed E-state index contributed by atoms with van der Waals surface area (Å²) in [5, 5.41) is 4.15. The first-order chi connectivity index (χ1) is 10.6. The van der Waals surface area contributed by atoms with Gasteiger partial charge in [0.25, 0.3) is 5.91 Å². The Morgan fingerprint density at radius 3 is 2.77 bits per heavy atom. The number of nitrogens with zero attached hydrogens (tertiary/aromatic N) is 3. The summed E-state index contributed by atoms with van der Waals surface area (Å²) in [6, 6.07) is 4.45. The largest absolute Gasteiger partial charge is 0.382 e. The van der Waals surface area contributed by atoms with Gasteiger partial charge in [-0.3, -0.25) is 4.79 Å². The normalized spacial score (nSPS) is 22.4. The number of halogens is 2. The highest BCUT2D eigenvalue weighted by Gasteiger charge is 2.34. The van der Waals surface area contributed by atoms with Gasteiger partial charge in [-0.2, -0.15) is 0 Å². The predicted octanol–water partition coefficient (Wildman–Crippen LogP) is 1.75. The number of benzene rings is 1. The standard InChI is InChI=1S/C15H17ClFN3O2/c1-19-5-7-20(8-6-19)15(21)13-9-12(18-22-13)14-10(16)3-2-4-11(14)17/h2-4,13H,5-9H2,1H3/t13-/m1/s1. The van der Waals surface area contributed by atoms with Crippen molar-refractivity contribution in [2.45, 2.75) is 12.5 Å². The van der Waals surface area contributed by atoms with E-state index in [1.54, 1.807) is 11.0 Å². The van der Waals surface area contributed by atoms with Gasteiger partial charge in [-0.05, 0) is 19.2 Å². The van der Waals surface area contributed by atoms with Crippen LogP contribution in [-0.2, 0) is 9.63 Å². The summed E-state index contributed by atoms with van der Waals surface area (Å²) in [5.74, 6) is -0.554. The molecule has 5 nitrogen and oxygen atoms in total. The molecule has 0 unspecified atom stereocenters. The van der Waals surface area contributed by atoms with Crippen LogP contribution in [0.25, 0.3) is 0 Å². The Morgan fingerprint density at radius 1 is 1.36 bits per heavy atom. The lowest BCUT2D eigenvalue weighted by Gasteiger charge is -2.33. The first kappa shape index (κ1) is 15.2. The fourth-order valence-corrected chi connectivity index (χ4v) is 2.93. The molecule has 0 saturated carbocycles. The summed E-state index contributed by atoms with van der Waals surface area (Å²) in [6.45, 7) is 3.02. The predicted molar refractivity (Wildman–Crippen MR) is 81.5 cm³/mol. The molecular weight excluding hydrogens is 309 g/mol. The van der Waals surface area contributed by atoms with E-state index in [0.717, 1.165) is 13.1 Å². The van der Waals surface area contributed by atoms with Crippen LogP contribution in [0.3, 0.4) is 0 Å². The summed E-state index contributed by atoms with van der Waals surface area (Å²) < 4.78 is 13.9. The van der Waals surface area contributed by atoms with Crippen molar-refractivity contribution >= 4 is 23.2 Å². The van der Waals surface area contributed by atoms with Gasteiger partial charge in [0, 0.05) is 32.6 Å². The molecule has 0 aromatic heterocycles. The summed E-state index contributed by atoms with van der Waals surface area (Å²) in [4.78, 5) is 21.6. The minimum Gasteiger partial charge on any atom is -0.382 e. The molecular formula is C15H17ClFN3O2. The first-order valence-corrected chi connectivity index (χ1v) is 7.58. The molecule has 1 fully saturated rings. The second kappa shape index (κ2) is 6.22. The molecule has 2 aliphatic heterocycles. The molecule has 0 radical (unpaired) electrons. The number of carbonyl (C=O) groups is 1. The van der Waals surface area contributed by atoms with Gasteiger partial charge < -0.3 is 14.6 Å². The number of carbonyl (C=O) groups excluding carboxylic acids is 1. The van der Waals surface area contributed by atoms with Crippen LogP contribution in [0.5, 0.6) is 0 Å². The van der Waals surface area contributed by atoms with E-state index >= 15 is 0 Å². The van der Waals surface area contributed by atoms with Crippen LogP contribution in [0, 0.1) is 5.82 Å². The van der Waals surface area contributed by atoms with Gasteiger partial charge in [-0.25, -0.2) is 4.39 Å². The fourth-order valence-electron chi connectivity index (χ4n) is 2.66. The van der Waals surface area contributed by atoms with Crippen molar-refractivity contribution in [3.05, 3.63) is 34.6 Å². The van der Waals surface area contributed by atoms with Crippen LogP contribution in [0.1, 0.15) is 12.0 Å². The Kier molecular flexibility index (Phi) is 4.31. The zero-order valence-corrected chi connectivity index (χ0v) is 13.0. The molecule has 1 atom stereocenters. The first-order valence-electron chi connectivity index (χ1n) is 7.20. The molecule has 7 heteroatoms. The third-order valence-corrected chi connectivity index (χ3v) is 4.33. The molecule has 0 N–H and O–H groups in total. The van der Waals surface area contributed by atoms with Crippen LogP contribution in [0.4, 0.5) is 4.39 Å². The molecule has 0 spiro atoms. The van der Waals surface area contributed by atoms with Crippen molar-refractivity contribution in [3.8, 4) is 0 Å². The van der Waals surface area contributed by atoms with E-state index in [2.05, 4.69) is 10.1 Å². The zero-order valence-electron chi connectivity index (χ0n) is 12.3.